The van der Waals surface area contributed by atoms with Gasteiger partial charge in [-0.15, -0.1) is 0 Å². The van der Waals surface area contributed by atoms with Crippen LogP contribution in [0.4, 0.5) is 23.0 Å². The fourth-order valence-electron chi connectivity index (χ4n) is 5.28. The molecule has 3 aromatic rings. The van der Waals surface area contributed by atoms with E-state index in [0.29, 0.717) is 0 Å². The van der Waals surface area contributed by atoms with Crippen LogP contribution in [-0.2, 0) is 10.8 Å². The van der Waals surface area contributed by atoms with Crippen molar-refractivity contribution in [2.45, 2.75) is 58.0 Å². The zero-order chi connectivity index (χ0) is 20.4. The van der Waals surface area contributed by atoms with Crippen molar-refractivity contribution in [1.29, 1.82) is 0 Å². The van der Waals surface area contributed by atoms with E-state index in [1.165, 1.54) is 0 Å². The Morgan fingerprint density at radius 1 is 0.690 bits per heavy atom. The molecular formula is C25H28N4. The van der Waals surface area contributed by atoms with Crippen LogP contribution < -0.4 is 9.80 Å². The fourth-order valence-corrected chi connectivity index (χ4v) is 5.28. The molecule has 2 aromatic carbocycles. The molecule has 0 bridgehead atoms. The van der Waals surface area contributed by atoms with Gasteiger partial charge in [0.2, 0.25) is 0 Å². The topological polar surface area (TPSA) is 32.3 Å². The maximum Gasteiger partial charge on any atom is 0.178 e. The van der Waals surface area contributed by atoms with E-state index < -0.39 is 0 Å². The number of fused-ring (bicyclic) bond motifs is 2. The quantitative estimate of drug-likeness (QED) is 0.537. The predicted molar refractivity (Wildman–Crippen MR) is 119 cm³/mol. The van der Waals surface area contributed by atoms with Gasteiger partial charge in [0, 0.05) is 22.2 Å². The Kier molecular flexibility index (Phi) is 3.79. The van der Waals surface area contributed by atoms with Crippen molar-refractivity contribution in [2.24, 2.45) is 0 Å². The predicted octanol–water partition coefficient (Wildman–Crippen LogP) is 6.07. The van der Waals surface area contributed by atoms with Crippen molar-refractivity contribution < 1.29 is 0 Å². The number of benzene rings is 2. The molecule has 0 unspecified atom stereocenters. The molecule has 2 aliphatic rings. The van der Waals surface area contributed by atoms with Crippen LogP contribution in [0.15, 0.2) is 60.7 Å². The fraction of sp³-hybridized carbons (Fsp3) is 0.360. The van der Waals surface area contributed by atoms with Gasteiger partial charge in [-0.2, -0.15) is 0 Å². The molecule has 4 nitrogen and oxygen atoms in total. The van der Waals surface area contributed by atoms with Crippen molar-refractivity contribution in [3.63, 3.8) is 0 Å². The first-order valence-electron chi connectivity index (χ1n) is 10.4. The maximum atomic E-state index is 5.29. The van der Waals surface area contributed by atoms with Gasteiger partial charge >= 0.3 is 0 Å². The minimum Gasteiger partial charge on any atom is -0.302 e. The molecule has 4 heteroatoms. The lowest BCUT2D eigenvalue weighted by atomic mass is 9.83. The van der Waals surface area contributed by atoms with Crippen LogP contribution in [0.25, 0.3) is 0 Å². The normalized spacial score (nSPS) is 19.3. The lowest BCUT2D eigenvalue weighted by Crippen LogP contribution is -2.35. The van der Waals surface area contributed by atoms with E-state index in [1.54, 1.807) is 0 Å². The summed E-state index contributed by atoms with van der Waals surface area (Å²) < 4.78 is 0. The molecule has 0 saturated carbocycles. The number of hydrogen-bond acceptors (Lipinski definition) is 4. The number of anilines is 4. The van der Waals surface area contributed by atoms with Gasteiger partial charge in [-0.25, -0.2) is 9.97 Å². The average molecular weight is 385 g/mol. The van der Waals surface area contributed by atoms with E-state index in [9.17, 15) is 0 Å². The summed E-state index contributed by atoms with van der Waals surface area (Å²) >= 11 is 0. The lowest BCUT2D eigenvalue weighted by Gasteiger charge is -2.29. The van der Waals surface area contributed by atoms with Gasteiger partial charge in [0.1, 0.15) is 6.17 Å². The molecule has 5 rings (SSSR count). The molecule has 0 amide bonds. The largest absolute Gasteiger partial charge is 0.302 e. The number of aromatic nitrogens is 2. The third kappa shape index (κ3) is 2.65. The average Bonchev–Trinajstić information content (AvgIpc) is 3.08. The molecule has 0 spiro atoms. The summed E-state index contributed by atoms with van der Waals surface area (Å²) in [5.74, 6) is 1.91. The summed E-state index contributed by atoms with van der Waals surface area (Å²) in [6.07, 6.45) is 1.15. The zero-order valence-electron chi connectivity index (χ0n) is 17.8. The minimum atomic E-state index is 0.0205. The Morgan fingerprint density at radius 2 is 1.07 bits per heavy atom. The van der Waals surface area contributed by atoms with Crippen molar-refractivity contribution in [2.75, 3.05) is 9.80 Å². The highest BCUT2D eigenvalue weighted by atomic mass is 15.5. The number of para-hydroxylation sites is 2. The summed E-state index contributed by atoms with van der Waals surface area (Å²) in [7, 11) is 0. The van der Waals surface area contributed by atoms with E-state index in [1.807, 2.05) is 0 Å². The van der Waals surface area contributed by atoms with Crippen LogP contribution in [0.1, 0.15) is 52.4 Å². The van der Waals surface area contributed by atoms with E-state index >= 15 is 0 Å². The van der Waals surface area contributed by atoms with Crippen molar-refractivity contribution >= 4 is 23.0 Å². The van der Waals surface area contributed by atoms with Crippen molar-refractivity contribution in [3.8, 4) is 0 Å². The summed E-state index contributed by atoms with van der Waals surface area (Å²) in [4.78, 5) is 15.2. The first kappa shape index (κ1) is 18.2. The molecule has 0 atom stereocenters. The molecule has 1 aliphatic heterocycles. The van der Waals surface area contributed by atoms with Gasteiger partial charge < -0.3 is 9.80 Å². The van der Waals surface area contributed by atoms with Crippen LogP contribution in [0.3, 0.4) is 0 Å². The lowest BCUT2D eigenvalue weighted by molar-refractivity contribution is 0.396. The Morgan fingerprint density at radius 3 is 1.45 bits per heavy atom. The smallest absolute Gasteiger partial charge is 0.178 e. The number of hydrogen-bond donors (Lipinski definition) is 0. The van der Waals surface area contributed by atoms with Crippen LogP contribution >= 0.6 is 0 Å². The van der Waals surface area contributed by atoms with Crippen LogP contribution in [-0.4, -0.2) is 16.1 Å². The second-order valence-electron chi connectivity index (χ2n) is 9.56. The Balaban J connectivity index is 1.77. The first-order chi connectivity index (χ1) is 13.8. The second-order valence-corrected chi connectivity index (χ2v) is 9.56. The molecule has 148 valence electrons. The highest BCUT2D eigenvalue weighted by Crippen LogP contribution is 2.52. The zero-order valence-corrected chi connectivity index (χ0v) is 17.8. The third-order valence-corrected chi connectivity index (χ3v) is 6.30. The van der Waals surface area contributed by atoms with Gasteiger partial charge in [0.25, 0.3) is 0 Å². The van der Waals surface area contributed by atoms with Crippen LogP contribution in [0, 0.1) is 0 Å². The molecule has 1 aromatic heterocycles. The minimum absolute atomic E-state index is 0.0205. The van der Waals surface area contributed by atoms with E-state index in [2.05, 4.69) is 105 Å². The Bertz CT molecular complexity index is 972. The molecule has 1 aliphatic carbocycles. The summed E-state index contributed by atoms with van der Waals surface area (Å²) in [6.45, 7) is 11.4. The van der Waals surface area contributed by atoms with Crippen LogP contribution in [0.5, 0.6) is 0 Å². The number of nitrogens with zero attached hydrogens (tertiary/aromatic N) is 4. The van der Waals surface area contributed by atoms with Crippen LogP contribution in [0.2, 0.25) is 0 Å². The summed E-state index contributed by atoms with van der Waals surface area (Å²) in [6, 6.07) is 21.1. The third-order valence-electron chi connectivity index (χ3n) is 6.30. The number of rotatable bonds is 2. The van der Waals surface area contributed by atoms with E-state index in [0.717, 1.165) is 40.8 Å². The molecular weight excluding hydrogens is 356 g/mol. The van der Waals surface area contributed by atoms with Gasteiger partial charge in [0.05, 0.1) is 11.4 Å². The van der Waals surface area contributed by atoms with Crippen molar-refractivity contribution in [1.82, 2.24) is 9.97 Å². The highest BCUT2D eigenvalue weighted by Gasteiger charge is 2.48. The Hall–Kier alpha value is -2.88. The standard InChI is InChI=1S/C25H28N4/c1-17-28(18-12-8-6-9-13-18)22-23(29(17)19-14-10-7-11-15-19)27-21-20(26-22)24(2,3)16-25(21,4)5/h6-15,17H,16H2,1-5H3. The molecule has 0 saturated heterocycles. The molecule has 0 radical (unpaired) electrons. The maximum absolute atomic E-state index is 5.29. The van der Waals surface area contributed by atoms with Gasteiger partial charge in [-0.3, -0.25) is 0 Å². The van der Waals surface area contributed by atoms with E-state index in [-0.39, 0.29) is 17.0 Å². The molecule has 0 fully saturated rings. The second kappa shape index (κ2) is 6.06. The SMILES string of the molecule is CC1N(c2ccccc2)c2nc3c(nc2N1c1ccccc1)C(C)(C)CC3(C)C. The van der Waals surface area contributed by atoms with Crippen molar-refractivity contribution in [3.05, 3.63) is 72.1 Å². The van der Waals surface area contributed by atoms with E-state index in [4.69, 9.17) is 9.97 Å². The van der Waals surface area contributed by atoms with Gasteiger partial charge in [0.15, 0.2) is 11.6 Å². The monoisotopic (exact) mass is 384 g/mol. The molecule has 29 heavy (non-hydrogen) atoms. The van der Waals surface area contributed by atoms with Gasteiger partial charge in [-0.05, 0) is 37.6 Å². The highest BCUT2D eigenvalue weighted by molar-refractivity contribution is 5.83. The van der Waals surface area contributed by atoms with Gasteiger partial charge in [-0.1, -0.05) is 64.1 Å². The summed E-state index contributed by atoms with van der Waals surface area (Å²) in [5, 5.41) is 0. The Labute approximate surface area is 173 Å². The summed E-state index contributed by atoms with van der Waals surface area (Å²) in [5.41, 5.74) is 4.61. The first-order valence-corrected chi connectivity index (χ1v) is 10.4. The molecule has 2 heterocycles. The molecule has 0 N–H and O–H groups in total.